The van der Waals surface area contributed by atoms with E-state index in [2.05, 4.69) is 49.4 Å². The van der Waals surface area contributed by atoms with Gasteiger partial charge in [-0.05, 0) is 47.9 Å². The van der Waals surface area contributed by atoms with Crippen molar-refractivity contribution in [3.63, 3.8) is 0 Å². The molecule has 0 heterocycles. The molecule has 2 aromatic rings. The average molecular weight is 267 g/mol. The largest absolute Gasteiger partial charge is 0.325 e. The fraction of sp³-hybridized carbons (Fsp3) is 0.474. The first-order valence-electron chi connectivity index (χ1n) is 7.92. The Morgan fingerprint density at radius 2 is 1.85 bits per heavy atom. The molecule has 2 atom stereocenters. The van der Waals surface area contributed by atoms with E-state index in [-0.39, 0.29) is 5.54 Å². The molecule has 1 nitrogen and oxygen atoms in total. The Balaban J connectivity index is 1.88. The Labute approximate surface area is 122 Å². The minimum absolute atomic E-state index is 0.00507. The van der Waals surface area contributed by atoms with Gasteiger partial charge in [0.1, 0.15) is 0 Å². The van der Waals surface area contributed by atoms with E-state index in [4.69, 9.17) is 5.73 Å². The van der Waals surface area contributed by atoms with Crippen molar-refractivity contribution in [2.75, 3.05) is 0 Å². The third kappa shape index (κ3) is 2.88. The molecule has 2 unspecified atom stereocenters. The molecule has 20 heavy (non-hydrogen) atoms. The lowest BCUT2D eigenvalue weighted by atomic mass is 9.83. The van der Waals surface area contributed by atoms with Gasteiger partial charge < -0.3 is 5.73 Å². The highest BCUT2D eigenvalue weighted by atomic mass is 14.7. The first-order valence-corrected chi connectivity index (χ1v) is 7.92. The highest BCUT2D eigenvalue weighted by Crippen LogP contribution is 2.32. The van der Waals surface area contributed by atoms with Crippen LogP contribution in [0.5, 0.6) is 0 Å². The summed E-state index contributed by atoms with van der Waals surface area (Å²) in [5.74, 6) is 0.841. The van der Waals surface area contributed by atoms with Crippen molar-refractivity contribution in [1.29, 1.82) is 0 Å². The van der Waals surface area contributed by atoms with Crippen molar-refractivity contribution in [3.05, 3.63) is 48.0 Å². The van der Waals surface area contributed by atoms with Gasteiger partial charge in [0.15, 0.2) is 0 Å². The second-order valence-corrected chi connectivity index (χ2v) is 6.71. The molecule has 2 N–H and O–H groups in total. The van der Waals surface area contributed by atoms with Crippen LogP contribution in [0.4, 0.5) is 0 Å². The minimum atomic E-state index is -0.00507. The minimum Gasteiger partial charge on any atom is -0.325 e. The van der Waals surface area contributed by atoms with Gasteiger partial charge in [-0.15, -0.1) is 0 Å². The molecule has 106 valence electrons. The lowest BCUT2D eigenvalue weighted by Crippen LogP contribution is -2.41. The number of hydrogen-bond donors (Lipinski definition) is 1. The van der Waals surface area contributed by atoms with Crippen LogP contribution >= 0.6 is 0 Å². The van der Waals surface area contributed by atoms with E-state index < -0.39 is 0 Å². The molecule has 0 radical (unpaired) electrons. The number of hydrogen-bond acceptors (Lipinski definition) is 1. The van der Waals surface area contributed by atoms with Gasteiger partial charge in [-0.3, -0.25) is 0 Å². The van der Waals surface area contributed by atoms with Crippen molar-refractivity contribution in [2.24, 2.45) is 11.7 Å². The number of benzene rings is 2. The third-order valence-corrected chi connectivity index (χ3v) is 4.93. The summed E-state index contributed by atoms with van der Waals surface area (Å²) in [4.78, 5) is 0. The highest BCUT2D eigenvalue weighted by Gasteiger charge is 2.28. The first-order chi connectivity index (χ1) is 9.66. The van der Waals surface area contributed by atoms with E-state index in [9.17, 15) is 0 Å². The molecule has 0 saturated heterocycles. The quantitative estimate of drug-likeness (QED) is 0.785. The number of nitrogens with two attached hydrogens (primary N) is 1. The maximum Gasteiger partial charge on any atom is 0.0195 e. The molecule has 1 heteroatoms. The molecule has 0 aliphatic heterocycles. The standard InChI is InChI=1S/C19H25N/c1-15-6-5-12-19(20,13-11-15)14-17-9-4-8-16-7-2-3-10-18(16)17/h2-4,7-10,15H,5-6,11-14,20H2,1H3. The van der Waals surface area contributed by atoms with Crippen LogP contribution in [0.2, 0.25) is 0 Å². The second kappa shape index (κ2) is 5.57. The van der Waals surface area contributed by atoms with E-state index >= 15 is 0 Å². The second-order valence-electron chi connectivity index (χ2n) is 6.71. The molecular formula is C19H25N. The normalized spacial score (nSPS) is 27.4. The van der Waals surface area contributed by atoms with E-state index in [1.807, 2.05) is 0 Å². The summed E-state index contributed by atoms with van der Waals surface area (Å²) in [6.07, 6.45) is 7.25. The molecule has 1 aliphatic carbocycles. The van der Waals surface area contributed by atoms with Crippen molar-refractivity contribution in [2.45, 2.75) is 51.0 Å². The molecular weight excluding hydrogens is 242 g/mol. The third-order valence-electron chi connectivity index (χ3n) is 4.93. The van der Waals surface area contributed by atoms with Crippen LogP contribution in [0.15, 0.2) is 42.5 Å². The number of rotatable bonds is 2. The lowest BCUT2D eigenvalue weighted by Gasteiger charge is -2.29. The van der Waals surface area contributed by atoms with E-state index in [1.165, 1.54) is 42.0 Å². The van der Waals surface area contributed by atoms with Crippen LogP contribution in [0, 0.1) is 5.92 Å². The van der Waals surface area contributed by atoms with Gasteiger partial charge in [0, 0.05) is 5.54 Å². The molecule has 1 saturated carbocycles. The summed E-state index contributed by atoms with van der Waals surface area (Å²) in [5.41, 5.74) is 8.16. The summed E-state index contributed by atoms with van der Waals surface area (Å²) < 4.78 is 0. The van der Waals surface area contributed by atoms with E-state index in [0.29, 0.717) is 0 Å². The van der Waals surface area contributed by atoms with Gasteiger partial charge in [-0.25, -0.2) is 0 Å². The van der Waals surface area contributed by atoms with E-state index in [0.717, 1.165) is 18.8 Å². The Morgan fingerprint density at radius 1 is 1.05 bits per heavy atom. The molecule has 1 fully saturated rings. The van der Waals surface area contributed by atoms with Crippen LogP contribution in [0.3, 0.4) is 0 Å². The Morgan fingerprint density at radius 3 is 2.75 bits per heavy atom. The Bertz CT molecular complexity index is 584. The van der Waals surface area contributed by atoms with Crippen molar-refractivity contribution >= 4 is 10.8 Å². The van der Waals surface area contributed by atoms with Crippen molar-refractivity contribution in [3.8, 4) is 0 Å². The summed E-state index contributed by atoms with van der Waals surface area (Å²) in [7, 11) is 0. The van der Waals surface area contributed by atoms with Crippen LogP contribution < -0.4 is 5.73 Å². The maximum atomic E-state index is 6.74. The van der Waals surface area contributed by atoms with Gasteiger partial charge >= 0.3 is 0 Å². The highest BCUT2D eigenvalue weighted by molar-refractivity contribution is 5.85. The van der Waals surface area contributed by atoms with Gasteiger partial charge in [0.2, 0.25) is 0 Å². The van der Waals surface area contributed by atoms with Gasteiger partial charge in [-0.2, -0.15) is 0 Å². The zero-order chi connectivity index (χ0) is 14.0. The predicted octanol–water partition coefficient (Wildman–Crippen LogP) is 4.68. The predicted molar refractivity (Wildman–Crippen MR) is 86.8 cm³/mol. The number of fused-ring (bicyclic) bond motifs is 1. The molecule has 1 aliphatic rings. The van der Waals surface area contributed by atoms with E-state index in [1.54, 1.807) is 0 Å². The zero-order valence-electron chi connectivity index (χ0n) is 12.4. The molecule has 3 rings (SSSR count). The molecule has 2 aromatic carbocycles. The van der Waals surface area contributed by atoms with Gasteiger partial charge in [0.05, 0.1) is 0 Å². The summed E-state index contributed by atoms with van der Waals surface area (Å²) in [6.45, 7) is 2.36. The van der Waals surface area contributed by atoms with Gasteiger partial charge in [0.25, 0.3) is 0 Å². The van der Waals surface area contributed by atoms with Crippen LogP contribution in [-0.4, -0.2) is 5.54 Å². The summed E-state index contributed by atoms with van der Waals surface area (Å²) in [6, 6.07) is 15.3. The van der Waals surface area contributed by atoms with Crippen LogP contribution in [0.25, 0.3) is 10.8 Å². The fourth-order valence-electron chi connectivity index (χ4n) is 3.61. The fourth-order valence-corrected chi connectivity index (χ4v) is 3.61. The van der Waals surface area contributed by atoms with Crippen molar-refractivity contribution < 1.29 is 0 Å². The zero-order valence-corrected chi connectivity index (χ0v) is 12.4. The Hall–Kier alpha value is -1.34. The Kier molecular flexibility index (Phi) is 3.80. The summed E-state index contributed by atoms with van der Waals surface area (Å²) in [5, 5.41) is 2.70. The first kappa shape index (κ1) is 13.6. The molecule has 0 spiro atoms. The average Bonchev–Trinajstić information content (AvgIpc) is 2.61. The molecule has 0 bridgehead atoms. The maximum absolute atomic E-state index is 6.74. The molecule has 0 aromatic heterocycles. The van der Waals surface area contributed by atoms with Gasteiger partial charge in [-0.1, -0.05) is 62.2 Å². The van der Waals surface area contributed by atoms with Crippen molar-refractivity contribution in [1.82, 2.24) is 0 Å². The molecule has 0 amide bonds. The monoisotopic (exact) mass is 267 g/mol. The van der Waals surface area contributed by atoms with Crippen LogP contribution in [-0.2, 0) is 6.42 Å². The smallest absolute Gasteiger partial charge is 0.0195 e. The van der Waals surface area contributed by atoms with Crippen LogP contribution in [0.1, 0.15) is 44.6 Å². The SMILES string of the molecule is CC1CCCC(N)(Cc2cccc3ccccc23)CC1. The topological polar surface area (TPSA) is 26.0 Å². The summed E-state index contributed by atoms with van der Waals surface area (Å²) >= 11 is 0. The lowest BCUT2D eigenvalue weighted by molar-refractivity contribution is 0.364.